The Balaban J connectivity index is 1.36. The van der Waals surface area contributed by atoms with Crippen molar-refractivity contribution in [3.8, 4) is 0 Å². The SMILES string of the molecule is Cc1ccc(Cn2cc(/C=C3\SC(=O)N(CC(=O)Nc4ccc(C)cc4C)C3=O)c3ccccc32)cc1. The van der Waals surface area contributed by atoms with Crippen molar-refractivity contribution < 1.29 is 14.4 Å². The van der Waals surface area contributed by atoms with Crippen molar-refractivity contribution in [1.29, 1.82) is 0 Å². The fraction of sp³-hybridized carbons (Fsp3) is 0.167. The summed E-state index contributed by atoms with van der Waals surface area (Å²) in [4.78, 5) is 39.7. The second-order valence-corrected chi connectivity index (χ2v) is 10.3. The predicted molar refractivity (Wildman–Crippen MR) is 149 cm³/mol. The molecule has 186 valence electrons. The molecule has 2 heterocycles. The Bertz CT molecular complexity index is 1570. The minimum atomic E-state index is -0.457. The van der Waals surface area contributed by atoms with Crippen molar-refractivity contribution in [2.24, 2.45) is 0 Å². The maximum absolute atomic E-state index is 13.1. The summed E-state index contributed by atoms with van der Waals surface area (Å²) >= 11 is 0.863. The van der Waals surface area contributed by atoms with Crippen LogP contribution < -0.4 is 5.32 Å². The molecule has 1 aromatic heterocycles. The van der Waals surface area contributed by atoms with Crippen LogP contribution in [-0.4, -0.2) is 33.1 Å². The number of carbonyl (C=O) groups excluding carboxylic acids is 3. The van der Waals surface area contributed by atoms with E-state index in [0.29, 0.717) is 17.1 Å². The molecule has 0 aliphatic carbocycles. The van der Waals surface area contributed by atoms with Gasteiger partial charge in [-0.15, -0.1) is 0 Å². The Kier molecular flexibility index (Phi) is 6.72. The van der Waals surface area contributed by atoms with E-state index in [9.17, 15) is 14.4 Å². The number of aromatic nitrogens is 1. The van der Waals surface area contributed by atoms with E-state index in [4.69, 9.17) is 0 Å². The summed E-state index contributed by atoms with van der Waals surface area (Å²) in [5.74, 6) is -0.869. The van der Waals surface area contributed by atoms with Crippen molar-refractivity contribution in [3.63, 3.8) is 0 Å². The van der Waals surface area contributed by atoms with Crippen LogP contribution in [0, 0.1) is 20.8 Å². The van der Waals surface area contributed by atoms with Crippen LogP contribution in [0.1, 0.15) is 27.8 Å². The van der Waals surface area contributed by atoms with Crippen LogP contribution in [0.25, 0.3) is 17.0 Å². The van der Waals surface area contributed by atoms with Crippen LogP contribution in [-0.2, 0) is 16.1 Å². The molecule has 4 aromatic rings. The van der Waals surface area contributed by atoms with Gasteiger partial charge in [-0.2, -0.15) is 0 Å². The Morgan fingerprint density at radius 2 is 1.68 bits per heavy atom. The molecule has 7 heteroatoms. The lowest BCUT2D eigenvalue weighted by Gasteiger charge is -2.13. The first-order chi connectivity index (χ1) is 17.8. The lowest BCUT2D eigenvalue weighted by Crippen LogP contribution is -2.36. The number of nitrogens with one attached hydrogen (secondary N) is 1. The number of hydrogen-bond donors (Lipinski definition) is 1. The van der Waals surface area contributed by atoms with E-state index < -0.39 is 17.1 Å². The van der Waals surface area contributed by atoms with Crippen molar-refractivity contribution in [3.05, 3.63) is 106 Å². The Hall–Kier alpha value is -4.10. The quantitative estimate of drug-likeness (QED) is 0.310. The second-order valence-electron chi connectivity index (χ2n) is 9.35. The molecule has 1 aliphatic rings. The van der Waals surface area contributed by atoms with E-state index in [1.807, 2.05) is 62.5 Å². The van der Waals surface area contributed by atoms with Gasteiger partial charge in [0.15, 0.2) is 0 Å². The first-order valence-electron chi connectivity index (χ1n) is 12.0. The number of amides is 3. The summed E-state index contributed by atoms with van der Waals surface area (Å²) in [7, 11) is 0. The fourth-order valence-electron chi connectivity index (χ4n) is 4.48. The number of para-hydroxylation sites is 1. The predicted octanol–water partition coefficient (Wildman–Crippen LogP) is 6.29. The normalized spacial score (nSPS) is 14.7. The molecule has 0 saturated carbocycles. The van der Waals surface area contributed by atoms with Crippen molar-refractivity contribution >= 4 is 51.5 Å². The summed E-state index contributed by atoms with van der Waals surface area (Å²) in [5.41, 5.74) is 6.96. The monoisotopic (exact) mass is 509 g/mol. The van der Waals surface area contributed by atoms with Crippen molar-refractivity contribution in [1.82, 2.24) is 9.47 Å². The van der Waals surface area contributed by atoms with Gasteiger partial charge in [0.1, 0.15) is 6.54 Å². The highest BCUT2D eigenvalue weighted by molar-refractivity contribution is 8.18. The van der Waals surface area contributed by atoms with Gasteiger partial charge in [-0.1, -0.05) is 65.7 Å². The molecule has 1 saturated heterocycles. The smallest absolute Gasteiger partial charge is 0.294 e. The maximum Gasteiger partial charge on any atom is 0.294 e. The number of benzene rings is 3. The van der Waals surface area contributed by atoms with E-state index in [2.05, 4.69) is 41.1 Å². The van der Waals surface area contributed by atoms with Crippen LogP contribution in [0.3, 0.4) is 0 Å². The van der Waals surface area contributed by atoms with E-state index in [0.717, 1.165) is 44.3 Å². The summed E-state index contributed by atoms with van der Waals surface area (Å²) in [6, 6.07) is 22.1. The number of thioether (sulfide) groups is 1. The summed E-state index contributed by atoms with van der Waals surface area (Å²) in [6.07, 6.45) is 3.76. The Morgan fingerprint density at radius 3 is 2.43 bits per heavy atom. The molecular weight excluding hydrogens is 482 g/mol. The highest BCUT2D eigenvalue weighted by Crippen LogP contribution is 2.34. The van der Waals surface area contributed by atoms with Crippen LogP contribution in [0.15, 0.2) is 77.8 Å². The largest absolute Gasteiger partial charge is 0.342 e. The first-order valence-corrected chi connectivity index (χ1v) is 12.9. The third-order valence-corrected chi connectivity index (χ3v) is 7.32. The standard InChI is InChI=1S/C30H27N3O3S/c1-19-8-11-22(12-9-19)16-32-17-23(24-6-4-5-7-26(24)32)15-27-29(35)33(30(36)37-27)18-28(34)31-25-13-10-20(2)14-21(25)3/h4-15,17H,16,18H2,1-3H3,(H,31,34)/b27-15-. The number of imide groups is 1. The van der Waals surface area contributed by atoms with Gasteiger partial charge in [0.05, 0.1) is 4.91 Å². The van der Waals surface area contributed by atoms with Gasteiger partial charge in [0, 0.05) is 34.9 Å². The molecule has 5 rings (SSSR count). The van der Waals surface area contributed by atoms with Gasteiger partial charge in [-0.05, 0) is 61.9 Å². The lowest BCUT2D eigenvalue weighted by atomic mass is 10.1. The molecule has 0 atom stereocenters. The van der Waals surface area contributed by atoms with Crippen LogP contribution in [0.2, 0.25) is 0 Å². The van der Waals surface area contributed by atoms with Gasteiger partial charge in [-0.3, -0.25) is 19.3 Å². The molecule has 1 aliphatic heterocycles. The average Bonchev–Trinajstić information content (AvgIpc) is 3.34. The molecule has 6 nitrogen and oxygen atoms in total. The zero-order valence-corrected chi connectivity index (χ0v) is 21.8. The molecule has 0 unspecified atom stereocenters. The molecule has 0 radical (unpaired) electrons. The molecular formula is C30H27N3O3S. The third-order valence-electron chi connectivity index (χ3n) is 6.41. The van der Waals surface area contributed by atoms with Gasteiger partial charge < -0.3 is 9.88 Å². The van der Waals surface area contributed by atoms with Crippen LogP contribution in [0.4, 0.5) is 10.5 Å². The maximum atomic E-state index is 13.1. The van der Waals surface area contributed by atoms with Crippen LogP contribution in [0.5, 0.6) is 0 Å². The zero-order valence-electron chi connectivity index (χ0n) is 20.9. The van der Waals surface area contributed by atoms with Gasteiger partial charge in [0.2, 0.25) is 5.91 Å². The minimum absolute atomic E-state index is 0.308. The number of anilines is 1. The fourth-order valence-corrected chi connectivity index (χ4v) is 5.31. The Morgan fingerprint density at radius 1 is 0.946 bits per heavy atom. The molecule has 37 heavy (non-hydrogen) atoms. The van der Waals surface area contributed by atoms with Gasteiger partial charge in [0.25, 0.3) is 11.1 Å². The van der Waals surface area contributed by atoms with Gasteiger partial charge >= 0.3 is 0 Å². The number of hydrogen-bond acceptors (Lipinski definition) is 4. The first kappa shape index (κ1) is 24.6. The molecule has 3 aromatic carbocycles. The van der Waals surface area contributed by atoms with Crippen LogP contribution >= 0.6 is 11.8 Å². The second kappa shape index (κ2) is 10.1. The molecule has 1 fully saturated rings. The van der Waals surface area contributed by atoms with Gasteiger partial charge in [-0.25, -0.2) is 0 Å². The highest BCUT2D eigenvalue weighted by Gasteiger charge is 2.36. The summed E-state index contributed by atoms with van der Waals surface area (Å²) < 4.78 is 2.15. The zero-order chi connectivity index (χ0) is 26.1. The summed E-state index contributed by atoms with van der Waals surface area (Å²) in [5, 5.41) is 3.35. The number of carbonyl (C=O) groups is 3. The van der Waals surface area contributed by atoms with E-state index >= 15 is 0 Å². The summed E-state index contributed by atoms with van der Waals surface area (Å²) in [6.45, 7) is 6.30. The van der Waals surface area contributed by atoms with E-state index in [1.54, 1.807) is 6.08 Å². The average molecular weight is 510 g/mol. The Labute approximate surface area is 220 Å². The van der Waals surface area contributed by atoms with E-state index in [1.165, 1.54) is 11.1 Å². The molecule has 0 bridgehead atoms. The number of aryl methyl sites for hydroxylation is 3. The highest BCUT2D eigenvalue weighted by atomic mass is 32.2. The topological polar surface area (TPSA) is 71.4 Å². The number of nitrogens with zero attached hydrogens (tertiary/aromatic N) is 2. The minimum Gasteiger partial charge on any atom is -0.342 e. The molecule has 1 N–H and O–H groups in total. The third kappa shape index (κ3) is 5.22. The molecule has 3 amide bonds. The van der Waals surface area contributed by atoms with Crippen molar-refractivity contribution in [2.45, 2.75) is 27.3 Å². The number of fused-ring (bicyclic) bond motifs is 1. The lowest BCUT2D eigenvalue weighted by molar-refractivity contribution is -0.127. The number of rotatable bonds is 6. The van der Waals surface area contributed by atoms with Crippen molar-refractivity contribution in [2.75, 3.05) is 11.9 Å². The van der Waals surface area contributed by atoms with E-state index in [-0.39, 0.29) is 6.54 Å². The molecule has 0 spiro atoms.